The van der Waals surface area contributed by atoms with Gasteiger partial charge in [0.25, 0.3) is 0 Å². The molecule has 0 saturated carbocycles. The zero-order valence-corrected chi connectivity index (χ0v) is 14.3. The summed E-state index contributed by atoms with van der Waals surface area (Å²) in [6, 6.07) is 6.05. The van der Waals surface area contributed by atoms with Crippen molar-refractivity contribution in [3.63, 3.8) is 0 Å². The number of rotatable bonds is 3. The monoisotopic (exact) mass is 327 g/mol. The summed E-state index contributed by atoms with van der Waals surface area (Å²) in [5.41, 5.74) is 0.935. The summed E-state index contributed by atoms with van der Waals surface area (Å²) in [7, 11) is 1.93. The molecule has 128 valence electrons. The van der Waals surface area contributed by atoms with Gasteiger partial charge < -0.3 is 9.80 Å². The van der Waals surface area contributed by atoms with Crippen LogP contribution in [0.25, 0.3) is 5.65 Å². The second-order valence-corrected chi connectivity index (χ2v) is 7.24. The van der Waals surface area contributed by atoms with Gasteiger partial charge in [0.15, 0.2) is 5.65 Å². The first kappa shape index (κ1) is 15.6. The number of hydrogen-bond donors (Lipinski definition) is 0. The first-order valence-electron chi connectivity index (χ1n) is 8.96. The Labute approximate surface area is 142 Å². The van der Waals surface area contributed by atoms with Crippen LogP contribution in [-0.4, -0.2) is 63.5 Å². The van der Waals surface area contributed by atoms with Crippen LogP contribution in [0.3, 0.4) is 0 Å². The first-order chi connectivity index (χ1) is 11.7. The van der Waals surface area contributed by atoms with Crippen molar-refractivity contribution in [1.82, 2.24) is 24.4 Å². The first-order valence-corrected chi connectivity index (χ1v) is 8.96. The van der Waals surface area contributed by atoms with Crippen molar-refractivity contribution < 1.29 is 4.79 Å². The van der Waals surface area contributed by atoms with Crippen LogP contribution in [0.4, 0.5) is 0 Å². The molecule has 1 amide bonds. The van der Waals surface area contributed by atoms with Gasteiger partial charge in [0.2, 0.25) is 5.91 Å². The van der Waals surface area contributed by atoms with Crippen LogP contribution in [0.15, 0.2) is 24.4 Å². The number of likely N-dealkylation sites (tertiary alicyclic amines) is 2. The minimum atomic E-state index is 0.295. The maximum absolute atomic E-state index is 11.6. The van der Waals surface area contributed by atoms with Crippen LogP contribution < -0.4 is 0 Å². The number of fused-ring (bicyclic) bond motifs is 1. The molecule has 2 aliphatic heterocycles. The summed E-state index contributed by atoms with van der Waals surface area (Å²) >= 11 is 0. The lowest BCUT2D eigenvalue weighted by Crippen LogP contribution is -2.44. The van der Waals surface area contributed by atoms with E-state index >= 15 is 0 Å². The van der Waals surface area contributed by atoms with Crippen LogP contribution in [0.2, 0.25) is 0 Å². The average molecular weight is 327 g/mol. The lowest BCUT2D eigenvalue weighted by molar-refractivity contribution is -0.133. The van der Waals surface area contributed by atoms with Crippen molar-refractivity contribution in [2.75, 3.05) is 33.2 Å². The highest BCUT2D eigenvalue weighted by Crippen LogP contribution is 2.28. The molecule has 0 N–H and O–H groups in total. The third kappa shape index (κ3) is 3.02. The molecule has 2 aromatic rings. The van der Waals surface area contributed by atoms with Gasteiger partial charge in [0.05, 0.1) is 0 Å². The van der Waals surface area contributed by atoms with E-state index in [1.54, 1.807) is 0 Å². The van der Waals surface area contributed by atoms with Crippen LogP contribution in [0.5, 0.6) is 0 Å². The summed E-state index contributed by atoms with van der Waals surface area (Å²) in [6.07, 6.45) is 6.08. The van der Waals surface area contributed by atoms with E-state index in [1.807, 2.05) is 30.1 Å². The van der Waals surface area contributed by atoms with Gasteiger partial charge in [0, 0.05) is 38.7 Å². The van der Waals surface area contributed by atoms with E-state index in [9.17, 15) is 4.79 Å². The number of carbonyl (C=O) groups excluding carboxylic acids is 1. The van der Waals surface area contributed by atoms with E-state index in [2.05, 4.69) is 25.7 Å². The molecule has 2 saturated heterocycles. The summed E-state index contributed by atoms with van der Waals surface area (Å²) in [6.45, 7) is 4.25. The van der Waals surface area contributed by atoms with Crippen LogP contribution in [0, 0.1) is 5.92 Å². The fourth-order valence-corrected chi connectivity index (χ4v) is 4.13. The molecule has 1 unspecified atom stereocenters. The van der Waals surface area contributed by atoms with Crippen molar-refractivity contribution >= 4 is 11.6 Å². The highest BCUT2D eigenvalue weighted by molar-refractivity contribution is 5.76. The Kier molecular flexibility index (Phi) is 4.22. The minimum absolute atomic E-state index is 0.295. The molecule has 0 bridgehead atoms. The van der Waals surface area contributed by atoms with Gasteiger partial charge in [-0.05, 0) is 50.4 Å². The third-order valence-electron chi connectivity index (χ3n) is 5.53. The Bertz CT molecular complexity index is 719. The molecule has 2 aromatic heterocycles. The number of pyridine rings is 1. The molecule has 24 heavy (non-hydrogen) atoms. The quantitative estimate of drug-likeness (QED) is 0.862. The van der Waals surface area contributed by atoms with Gasteiger partial charge >= 0.3 is 0 Å². The smallest absolute Gasteiger partial charge is 0.222 e. The van der Waals surface area contributed by atoms with Gasteiger partial charge in [-0.1, -0.05) is 6.07 Å². The van der Waals surface area contributed by atoms with Crippen LogP contribution in [0.1, 0.15) is 37.4 Å². The zero-order valence-electron chi connectivity index (χ0n) is 14.3. The highest BCUT2D eigenvalue weighted by Gasteiger charge is 2.28. The Balaban J connectivity index is 1.34. The Hall–Kier alpha value is -1.95. The number of amides is 1. The van der Waals surface area contributed by atoms with E-state index < -0.39 is 0 Å². The lowest BCUT2D eigenvalue weighted by Gasteiger charge is -2.36. The summed E-state index contributed by atoms with van der Waals surface area (Å²) in [4.78, 5) is 16.1. The highest BCUT2D eigenvalue weighted by atomic mass is 16.2. The summed E-state index contributed by atoms with van der Waals surface area (Å²) in [5.74, 6) is 2.52. The maximum Gasteiger partial charge on any atom is 0.222 e. The number of aromatic nitrogens is 3. The van der Waals surface area contributed by atoms with E-state index in [0.717, 1.165) is 56.9 Å². The molecule has 0 aromatic carbocycles. The molecule has 1 atom stereocenters. The second-order valence-electron chi connectivity index (χ2n) is 7.24. The SMILES string of the molecule is CN1CC(CN2CCC(c3nnc4ccccn34)CC2)CCC1=O. The van der Waals surface area contributed by atoms with Crippen LogP contribution in [-0.2, 0) is 4.79 Å². The van der Waals surface area contributed by atoms with Crippen molar-refractivity contribution in [3.8, 4) is 0 Å². The molecule has 2 aliphatic rings. The fraction of sp³-hybridized carbons (Fsp3) is 0.611. The standard InChI is InChI=1S/C18H25N5O/c1-21-12-14(5-6-17(21)24)13-22-10-7-15(8-11-22)18-20-19-16-4-2-3-9-23(16)18/h2-4,9,14-15H,5-8,10-13H2,1H3. The molecular weight excluding hydrogens is 302 g/mol. The Morgan fingerprint density at radius 2 is 2.00 bits per heavy atom. The number of hydrogen-bond acceptors (Lipinski definition) is 4. The van der Waals surface area contributed by atoms with Gasteiger partial charge in [-0.15, -0.1) is 10.2 Å². The van der Waals surface area contributed by atoms with Crippen molar-refractivity contribution in [1.29, 1.82) is 0 Å². The van der Waals surface area contributed by atoms with E-state index in [-0.39, 0.29) is 0 Å². The second kappa shape index (κ2) is 6.51. The molecule has 0 radical (unpaired) electrons. The number of nitrogens with zero attached hydrogens (tertiary/aromatic N) is 5. The molecule has 0 spiro atoms. The topological polar surface area (TPSA) is 53.7 Å². The van der Waals surface area contributed by atoms with Crippen molar-refractivity contribution in [2.45, 2.75) is 31.6 Å². The Morgan fingerprint density at radius 1 is 1.17 bits per heavy atom. The Morgan fingerprint density at radius 3 is 2.79 bits per heavy atom. The fourth-order valence-electron chi connectivity index (χ4n) is 4.13. The summed E-state index contributed by atoms with van der Waals surface area (Å²) in [5, 5.41) is 8.71. The molecule has 6 heteroatoms. The molecule has 4 rings (SSSR count). The zero-order chi connectivity index (χ0) is 16.5. The van der Waals surface area contributed by atoms with Gasteiger partial charge in [-0.2, -0.15) is 0 Å². The molecule has 2 fully saturated rings. The predicted molar refractivity (Wildman–Crippen MR) is 91.8 cm³/mol. The molecule has 6 nitrogen and oxygen atoms in total. The van der Waals surface area contributed by atoms with Gasteiger partial charge in [-0.25, -0.2) is 0 Å². The molecule has 0 aliphatic carbocycles. The third-order valence-corrected chi connectivity index (χ3v) is 5.53. The van der Waals surface area contributed by atoms with Gasteiger partial charge in [-0.3, -0.25) is 9.20 Å². The maximum atomic E-state index is 11.6. The van der Waals surface area contributed by atoms with Crippen LogP contribution >= 0.6 is 0 Å². The van der Waals surface area contributed by atoms with E-state index in [0.29, 0.717) is 24.2 Å². The van der Waals surface area contributed by atoms with Crippen molar-refractivity contribution in [2.24, 2.45) is 5.92 Å². The van der Waals surface area contributed by atoms with E-state index in [4.69, 9.17) is 0 Å². The largest absolute Gasteiger partial charge is 0.345 e. The minimum Gasteiger partial charge on any atom is -0.345 e. The normalized spacial score (nSPS) is 24.0. The number of carbonyl (C=O) groups is 1. The number of piperidine rings is 2. The van der Waals surface area contributed by atoms with E-state index in [1.165, 1.54) is 0 Å². The van der Waals surface area contributed by atoms with Crippen molar-refractivity contribution in [3.05, 3.63) is 30.2 Å². The summed E-state index contributed by atoms with van der Waals surface area (Å²) < 4.78 is 2.13. The lowest BCUT2D eigenvalue weighted by atomic mass is 9.93. The van der Waals surface area contributed by atoms with Gasteiger partial charge in [0.1, 0.15) is 5.82 Å². The average Bonchev–Trinajstić information content (AvgIpc) is 3.03. The molecular formula is C18H25N5O. The predicted octanol–water partition coefficient (Wildman–Crippen LogP) is 1.78. The molecule has 4 heterocycles.